The van der Waals surface area contributed by atoms with Crippen LogP contribution in [0.4, 0.5) is 0 Å². The summed E-state index contributed by atoms with van der Waals surface area (Å²) in [5.41, 5.74) is 0.697. The molecule has 0 bridgehead atoms. The summed E-state index contributed by atoms with van der Waals surface area (Å²) in [7, 11) is 0. The van der Waals surface area contributed by atoms with Gasteiger partial charge in [-0.15, -0.1) is 0 Å². The minimum atomic E-state index is 0.0579. The van der Waals surface area contributed by atoms with Crippen LogP contribution in [0.2, 0.25) is 0 Å². The molecule has 0 aliphatic heterocycles. The van der Waals surface area contributed by atoms with Gasteiger partial charge in [0.25, 0.3) is 0 Å². The molecule has 3 nitrogen and oxygen atoms in total. The summed E-state index contributed by atoms with van der Waals surface area (Å²) >= 11 is 0. The summed E-state index contributed by atoms with van der Waals surface area (Å²) in [6.45, 7) is 0. The quantitative estimate of drug-likeness (QED) is 0.570. The number of rotatable bonds is 0. The molecule has 10 heavy (non-hydrogen) atoms. The predicted molar refractivity (Wildman–Crippen MR) is 37.8 cm³/mol. The molecule has 2 aromatic heterocycles. The van der Waals surface area contributed by atoms with Crippen molar-refractivity contribution in [2.75, 3.05) is 0 Å². The van der Waals surface area contributed by atoms with E-state index in [1.807, 2.05) is 12.1 Å². The van der Waals surface area contributed by atoms with Crippen molar-refractivity contribution in [3.05, 3.63) is 24.5 Å². The highest BCUT2D eigenvalue weighted by Crippen LogP contribution is 2.18. The fraction of sp³-hybridized carbons (Fsp3) is 0. The van der Waals surface area contributed by atoms with E-state index in [-0.39, 0.29) is 5.88 Å². The third kappa shape index (κ3) is 0.572. The van der Waals surface area contributed by atoms with Crippen LogP contribution in [-0.4, -0.2) is 15.1 Å². The number of fused-ring (bicyclic) bond motifs is 1. The van der Waals surface area contributed by atoms with Gasteiger partial charge in [-0.2, -0.15) is 0 Å². The van der Waals surface area contributed by atoms with E-state index in [0.717, 1.165) is 5.39 Å². The predicted octanol–water partition coefficient (Wildman–Crippen LogP) is 1.27. The number of aromatic hydroxyl groups is 1. The van der Waals surface area contributed by atoms with E-state index in [1.54, 1.807) is 12.4 Å². The van der Waals surface area contributed by atoms with Crippen molar-refractivity contribution in [2.24, 2.45) is 0 Å². The molecular weight excluding hydrogens is 128 g/mol. The van der Waals surface area contributed by atoms with Gasteiger partial charge in [0.05, 0.1) is 0 Å². The zero-order valence-electron chi connectivity index (χ0n) is 5.20. The van der Waals surface area contributed by atoms with Gasteiger partial charge in [-0.3, -0.25) is 0 Å². The average Bonchev–Trinajstić information content (AvgIpc) is 2.36. The molecule has 0 aliphatic carbocycles. The molecule has 2 N–H and O–H groups in total. The molecule has 0 radical (unpaired) electrons. The maximum Gasteiger partial charge on any atom is 0.235 e. The molecule has 50 valence electrons. The van der Waals surface area contributed by atoms with E-state index in [1.165, 1.54) is 0 Å². The standard InChI is InChI=1S/C7H6N2O/c10-7-6-5(1-3-8-6)2-4-9-7/h1-4,8H,(H,9,10). The Hall–Kier alpha value is -1.51. The zero-order chi connectivity index (χ0) is 6.97. The molecule has 2 heterocycles. The minimum Gasteiger partial charge on any atom is -0.492 e. The number of aromatic amines is 1. The first kappa shape index (κ1) is 5.29. The highest BCUT2D eigenvalue weighted by atomic mass is 16.3. The SMILES string of the molecule is Oc1nccc2cc[nH]c12. The van der Waals surface area contributed by atoms with Gasteiger partial charge in [0.2, 0.25) is 5.88 Å². The van der Waals surface area contributed by atoms with Gasteiger partial charge in [-0.1, -0.05) is 0 Å². The smallest absolute Gasteiger partial charge is 0.235 e. The highest BCUT2D eigenvalue weighted by molar-refractivity contribution is 5.82. The first-order chi connectivity index (χ1) is 4.88. The average molecular weight is 134 g/mol. The lowest BCUT2D eigenvalue weighted by Gasteiger charge is -1.90. The van der Waals surface area contributed by atoms with Crippen molar-refractivity contribution in [1.29, 1.82) is 0 Å². The molecule has 0 aromatic carbocycles. The second kappa shape index (κ2) is 1.73. The van der Waals surface area contributed by atoms with Gasteiger partial charge >= 0.3 is 0 Å². The Morgan fingerprint density at radius 1 is 1.40 bits per heavy atom. The molecular formula is C7H6N2O. The molecule has 0 unspecified atom stereocenters. The maximum absolute atomic E-state index is 9.12. The molecule has 3 heteroatoms. The normalized spacial score (nSPS) is 10.4. The van der Waals surface area contributed by atoms with Crippen LogP contribution >= 0.6 is 0 Å². The van der Waals surface area contributed by atoms with E-state index in [2.05, 4.69) is 9.97 Å². The minimum absolute atomic E-state index is 0.0579. The molecule has 0 atom stereocenters. The number of nitrogens with one attached hydrogen (secondary N) is 1. The molecule has 0 fully saturated rings. The van der Waals surface area contributed by atoms with Crippen LogP contribution in [0, 0.1) is 0 Å². The maximum atomic E-state index is 9.12. The second-order valence-corrected chi connectivity index (χ2v) is 2.08. The summed E-state index contributed by atoms with van der Waals surface area (Å²) in [5, 5.41) is 10.1. The third-order valence-corrected chi connectivity index (χ3v) is 1.45. The van der Waals surface area contributed by atoms with E-state index in [4.69, 9.17) is 5.11 Å². The molecule has 2 aromatic rings. The lowest BCUT2D eigenvalue weighted by molar-refractivity contribution is 0.459. The molecule has 0 saturated heterocycles. The van der Waals surface area contributed by atoms with E-state index < -0.39 is 0 Å². The Labute approximate surface area is 57.3 Å². The van der Waals surface area contributed by atoms with E-state index in [0.29, 0.717) is 5.52 Å². The van der Waals surface area contributed by atoms with Gasteiger partial charge in [-0.25, -0.2) is 4.98 Å². The number of nitrogens with zero attached hydrogens (tertiary/aromatic N) is 1. The fourth-order valence-corrected chi connectivity index (χ4v) is 0.967. The Bertz CT molecular complexity index is 353. The van der Waals surface area contributed by atoms with Crippen molar-refractivity contribution in [3.63, 3.8) is 0 Å². The van der Waals surface area contributed by atoms with Crippen LogP contribution in [-0.2, 0) is 0 Å². The van der Waals surface area contributed by atoms with Gasteiger partial charge in [0.15, 0.2) is 0 Å². The first-order valence-electron chi connectivity index (χ1n) is 2.99. The van der Waals surface area contributed by atoms with Crippen molar-refractivity contribution >= 4 is 10.9 Å². The number of H-pyrrole nitrogens is 1. The number of hydrogen-bond donors (Lipinski definition) is 2. The molecule has 2 rings (SSSR count). The third-order valence-electron chi connectivity index (χ3n) is 1.45. The highest BCUT2D eigenvalue weighted by Gasteiger charge is 1.97. The lowest BCUT2D eigenvalue weighted by Crippen LogP contribution is -1.73. The van der Waals surface area contributed by atoms with Crippen molar-refractivity contribution in [3.8, 4) is 5.88 Å². The summed E-state index contributed by atoms with van der Waals surface area (Å²) in [6.07, 6.45) is 3.34. The Kier molecular flexibility index (Phi) is 0.917. The first-order valence-corrected chi connectivity index (χ1v) is 2.99. The number of pyridine rings is 1. The summed E-state index contributed by atoms with van der Waals surface area (Å²) in [6, 6.07) is 3.72. The molecule has 0 spiro atoms. The topological polar surface area (TPSA) is 48.9 Å². The molecule has 0 aliphatic rings. The number of hydrogen-bond acceptors (Lipinski definition) is 2. The summed E-state index contributed by atoms with van der Waals surface area (Å²) in [4.78, 5) is 6.58. The van der Waals surface area contributed by atoms with E-state index >= 15 is 0 Å². The lowest BCUT2D eigenvalue weighted by atomic mass is 10.3. The van der Waals surface area contributed by atoms with Gasteiger partial charge in [0, 0.05) is 17.8 Å². The Balaban J connectivity index is 2.95. The molecule has 0 saturated carbocycles. The second-order valence-electron chi connectivity index (χ2n) is 2.08. The van der Waals surface area contributed by atoms with Gasteiger partial charge in [0.1, 0.15) is 5.52 Å². The summed E-state index contributed by atoms with van der Waals surface area (Å²) < 4.78 is 0. The number of aromatic nitrogens is 2. The van der Waals surface area contributed by atoms with Crippen LogP contribution in [0.15, 0.2) is 24.5 Å². The van der Waals surface area contributed by atoms with Crippen LogP contribution in [0.25, 0.3) is 10.9 Å². The van der Waals surface area contributed by atoms with Crippen molar-refractivity contribution in [2.45, 2.75) is 0 Å². The monoisotopic (exact) mass is 134 g/mol. The van der Waals surface area contributed by atoms with Gasteiger partial charge in [-0.05, 0) is 12.1 Å². The summed E-state index contributed by atoms with van der Waals surface area (Å²) in [5.74, 6) is 0.0579. The Morgan fingerprint density at radius 2 is 2.30 bits per heavy atom. The van der Waals surface area contributed by atoms with Crippen molar-refractivity contribution < 1.29 is 5.11 Å². The molecule has 0 amide bonds. The van der Waals surface area contributed by atoms with Crippen LogP contribution in [0.1, 0.15) is 0 Å². The van der Waals surface area contributed by atoms with Crippen molar-refractivity contribution in [1.82, 2.24) is 9.97 Å². The van der Waals surface area contributed by atoms with Gasteiger partial charge < -0.3 is 10.1 Å². The fourth-order valence-electron chi connectivity index (χ4n) is 0.967. The zero-order valence-corrected chi connectivity index (χ0v) is 5.20. The Morgan fingerprint density at radius 3 is 3.10 bits per heavy atom. The van der Waals surface area contributed by atoms with Crippen LogP contribution in [0.5, 0.6) is 5.88 Å². The van der Waals surface area contributed by atoms with Crippen LogP contribution < -0.4 is 0 Å². The van der Waals surface area contributed by atoms with Crippen LogP contribution in [0.3, 0.4) is 0 Å². The van der Waals surface area contributed by atoms with E-state index in [9.17, 15) is 0 Å². The largest absolute Gasteiger partial charge is 0.492 e.